The van der Waals surface area contributed by atoms with Crippen molar-refractivity contribution >= 4 is 70.1 Å². The molecule has 0 radical (unpaired) electrons. The molecule has 4 rings (SSSR count). The molecule has 0 heterocycles. The highest BCUT2D eigenvalue weighted by Gasteiger charge is 2.15. The number of benzene rings is 4. The molecule has 4 aromatic rings. The lowest BCUT2D eigenvalue weighted by Crippen LogP contribution is -2.30. The van der Waals surface area contributed by atoms with Crippen molar-refractivity contribution in [1.82, 2.24) is 5.32 Å². The highest BCUT2D eigenvalue weighted by Crippen LogP contribution is 2.26. The van der Waals surface area contributed by atoms with Gasteiger partial charge in [0, 0.05) is 21.8 Å². The Morgan fingerprint density at radius 1 is 0.775 bits per heavy atom. The van der Waals surface area contributed by atoms with Crippen LogP contribution >= 0.6 is 35.0 Å². The zero-order valence-electron chi connectivity index (χ0n) is 21.4. The van der Waals surface area contributed by atoms with Gasteiger partial charge in [0.05, 0.1) is 15.8 Å². The first-order valence-electron chi connectivity index (χ1n) is 12.2. The molecule has 202 valence electrons. The Kier molecular flexibility index (Phi) is 10.0. The number of thioether (sulfide) groups is 1. The summed E-state index contributed by atoms with van der Waals surface area (Å²) in [7, 11) is 0. The molecule has 0 atom stereocenters. The summed E-state index contributed by atoms with van der Waals surface area (Å²) in [5.74, 6) is -0.953. The lowest BCUT2D eigenvalue weighted by atomic mass is 10.1. The van der Waals surface area contributed by atoms with Crippen LogP contribution in [0.3, 0.4) is 0 Å². The standard InChI is InChI=1S/C31H25Cl2N3O3S/c1-20-7-5-8-21(15-20)16-28(36-30(38)22-9-3-2-4-10-22)31(39)35-23-11-6-12-25(17-23)40-19-29(37)34-24-13-14-26(32)27(33)18-24/h2-18H,19H2,1H3,(H,34,37)(H,35,39)(H,36,38)/b28-16+. The van der Waals surface area contributed by atoms with Crippen LogP contribution in [-0.4, -0.2) is 23.5 Å². The zero-order valence-corrected chi connectivity index (χ0v) is 23.7. The molecule has 0 fully saturated rings. The van der Waals surface area contributed by atoms with E-state index < -0.39 is 11.8 Å². The molecule has 0 saturated heterocycles. The van der Waals surface area contributed by atoms with Crippen LogP contribution in [-0.2, 0) is 9.59 Å². The van der Waals surface area contributed by atoms with Crippen LogP contribution in [0.1, 0.15) is 21.5 Å². The molecule has 0 aromatic heterocycles. The number of hydrogen-bond acceptors (Lipinski definition) is 4. The van der Waals surface area contributed by atoms with Gasteiger partial charge in [-0.3, -0.25) is 14.4 Å². The first-order chi connectivity index (χ1) is 19.3. The fourth-order valence-corrected chi connectivity index (χ4v) is 4.70. The number of rotatable bonds is 9. The second-order valence-corrected chi connectivity index (χ2v) is 10.6. The lowest BCUT2D eigenvalue weighted by Gasteiger charge is -2.12. The molecule has 0 aliphatic heterocycles. The van der Waals surface area contributed by atoms with Gasteiger partial charge in [0.15, 0.2) is 0 Å². The van der Waals surface area contributed by atoms with Gasteiger partial charge in [0.1, 0.15) is 5.70 Å². The van der Waals surface area contributed by atoms with Gasteiger partial charge in [-0.05, 0) is 67.1 Å². The smallest absolute Gasteiger partial charge is 0.272 e. The van der Waals surface area contributed by atoms with Crippen LogP contribution in [0, 0.1) is 6.92 Å². The van der Waals surface area contributed by atoms with Crippen LogP contribution in [0.2, 0.25) is 10.0 Å². The summed E-state index contributed by atoms with van der Waals surface area (Å²) in [5, 5.41) is 9.13. The third-order valence-electron chi connectivity index (χ3n) is 5.55. The fraction of sp³-hybridized carbons (Fsp3) is 0.0645. The van der Waals surface area contributed by atoms with Crippen molar-refractivity contribution in [3.63, 3.8) is 0 Å². The number of carbonyl (C=O) groups is 3. The molecule has 0 bridgehead atoms. The van der Waals surface area contributed by atoms with Gasteiger partial charge in [0.25, 0.3) is 11.8 Å². The summed E-state index contributed by atoms with van der Waals surface area (Å²) in [6.07, 6.45) is 1.63. The second-order valence-electron chi connectivity index (χ2n) is 8.74. The summed E-state index contributed by atoms with van der Waals surface area (Å²) < 4.78 is 0. The Hall–Kier alpha value is -4.04. The first-order valence-corrected chi connectivity index (χ1v) is 13.9. The summed E-state index contributed by atoms with van der Waals surface area (Å²) in [5.41, 5.74) is 3.39. The summed E-state index contributed by atoms with van der Waals surface area (Å²) in [6, 6.07) is 28.3. The summed E-state index contributed by atoms with van der Waals surface area (Å²) >= 11 is 13.2. The number of nitrogens with one attached hydrogen (secondary N) is 3. The Labute approximate surface area is 246 Å². The van der Waals surface area contributed by atoms with E-state index in [2.05, 4.69) is 16.0 Å². The Morgan fingerprint density at radius 2 is 1.52 bits per heavy atom. The quantitative estimate of drug-likeness (QED) is 0.140. The SMILES string of the molecule is Cc1cccc(/C=C(/NC(=O)c2ccccc2)C(=O)Nc2cccc(SCC(=O)Nc3ccc(Cl)c(Cl)c3)c2)c1. The van der Waals surface area contributed by atoms with Crippen molar-refractivity contribution in [3.05, 3.63) is 129 Å². The van der Waals surface area contributed by atoms with Crippen molar-refractivity contribution in [2.45, 2.75) is 11.8 Å². The van der Waals surface area contributed by atoms with Gasteiger partial charge in [-0.1, -0.05) is 77.3 Å². The van der Waals surface area contributed by atoms with E-state index in [0.717, 1.165) is 16.0 Å². The summed E-state index contributed by atoms with van der Waals surface area (Å²) in [6.45, 7) is 1.95. The first kappa shape index (κ1) is 29.0. The van der Waals surface area contributed by atoms with Crippen LogP contribution in [0.15, 0.2) is 108 Å². The average Bonchev–Trinajstić information content (AvgIpc) is 2.94. The molecule has 0 unspecified atom stereocenters. The molecule has 9 heteroatoms. The van der Waals surface area contributed by atoms with E-state index in [9.17, 15) is 14.4 Å². The third kappa shape index (κ3) is 8.48. The highest BCUT2D eigenvalue weighted by atomic mass is 35.5. The van der Waals surface area contributed by atoms with Gasteiger partial charge in [-0.25, -0.2) is 0 Å². The molecular weight excluding hydrogens is 565 g/mol. The number of halogens is 2. The van der Waals surface area contributed by atoms with Gasteiger partial charge < -0.3 is 16.0 Å². The predicted molar refractivity (Wildman–Crippen MR) is 164 cm³/mol. The van der Waals surface area contributed by atoms with Crippen molar-refractivity contribution in [3.8, 4) is 0 Å². The Bertz CT molecular complexity index is 1580. The molecule has 0 aliphatic rings. The monoisotopic (exact) mass is 589 g/mol. The van der Waals surface area contributed by atoms with Gasteiger partial charge >= 0.3 is 0 Å². The van der Waals surface area contributed by atoms with Crippen LogP contribution in [0.5, 0.6) is 0 Å². The van der Waals surface area contributed by atoms with E-state index in [-0.39, 0.29) is 17.4 Å². The highest BCUT2D eigenvalue weighted by molar-refractivity contribution is 8.00. The van der Waals surface area contributed by atoms with Crippen LogP contribution in [0.4, 0.5) is 11.4 Å². The number of hydrogen-bond donors (Lipinski definition) is 3. The van der Waals surface area contributed by atoms with Crippen molar-refractivity contribution in [2.75, 3.05) is 16.4 Å². The van der Waals surface area contributed by atoms with E-state index in [1.54, 1.807) is 66.7 Å². The van der Waals surface area contributed by atoms with E-state index in [4.69, 9.17) is 23.2 Å². The third-order valence-corrected chi connectivity index (χ3v) is 7.28. The molecule has 0 aliphatic carbocycles. The molecule has 40 heavy (non-hydrogen) atoms. The van der Waals surface area contributed by atoms with Gasteiger partial charge in [0.2, 0.25) is 5.91 Å². The predicted octanol–water partition coefficient (Wildman–Crippen LogP) is 7.44. The van der Waals surface area contributed by atoms with Gasteiger partial charge in [-0.15, -0.1) is 11.8 Å². The maximum atomic E-state index is 13.3. The molecule has 0 saturated carbocycles. The van der Waals surface area contributed by atoms with Crippen molar-refractivity contribution < 1.29 is 14.4 Å². The minimum atomic E-state index is -0.481. The van der Waals surface area contributed by atoms with Crippen molar-refractivity contribution in [2.24, 2.45) is 0 Å². The van der Waals surface area contributed by atoms with E-state index in [1.807, 2.05) is 43.3 Å². The number of carbonyl (C=O) groups excluding carboxylic acids is 3. The van der Waals surface area contributed by atoms with E-state index >= 15 is 0 Å². The number of anilines is 2. The van der Waals surface area contributed by atoms with E-state index in [0.29, 0.717) is 27.0 Å². The number of amides is 3. The van der Waals surface area contributed by atoms with E-state index in [1.165, 1.54) is 11.8 Å². The Balaban J connectivity index is 1.44. The molecular formula is C31H25Cl2N3O3S. The van der Waals surface area contributed by atoms with Gasteiger partial charge in [-0.2, -0.15) is 0 Å². The molecule has 3 N–H and O–H groups in total. The summed E-state index contributed by atoms with van der Waals surface area (Å²) in [4.78, 5) is 39.4. The molecule has 3 amide bonds. The lowest BCUT2D eigenvalue weighted by molar-refractivity contribution is -0.114. The van der Waals surface area contributed by atoms with Crippen LogP contribution < -0.4 is 16.0 Å². The minimum absolute atomic E-state index is 0.0958. The maximum absolute atomic E-state index is 13.3. The van der Waals surface area contributed by atoms with Crippen LogP contribution in [0.25, 0.3) is 6.08 Å². The Morgan fingerprint density at radius 3 is 2.27 bits per heavy atom. The maximum Gasteiger partial charge on any atom is 0.272 e. The fourth-order valence-electron chi connectivity index (χ4n) is 3.65. The normalized spacial score (nSPS) is 11.0. The second kappa shape index (κ2) is 13.8. The zero-order chi connectivity index (χ0) is 28.5. The topological polar surface area (TPSA) is 87.3 Å². The largest absolute Gasteiger partial charge is 0.325 e. The minimum Gasteiger partial charge on any atom is -0.325 e. The number of aryl methyl sites for hydroxylation is 1. The average molecular weight is 591 g/mol. The molecule has 4 aromatic carbocycles. The molecule has 6 nitrogen and oxygen atoms in total. The van der Waals surface area contributed by atoms with Crippen molar-refractivity contribution in [1.29, 1.82) is 0 Å². The molecule has 0 spiro atoms.